The van der Waals surface area contributed by atoms with Crippen LogP contribution in [0.2, 0.25) is 0 Å². The number of benzene rings is 1. The Morgan fingerprint density at radius 1 is 1.18 bits per heavy atom. The van der Waals surface area contributed by atoms with Crippen LogP contribution in [0.3, 0.4) is 0 Å². The van der Waals surface area contributed by atoms with Crippen LogP contribution in [-0.2, 0) is 22.7 Å². The molecule has 0 spiro atoms. The van der Waals surface area contributed by atoms with Crippen molar-refractivity contribution in [3.05, 3.63) is 34.9 Å². The van der Waals surface area contributed by atoms with E-state index < -0.39 is 6.04 Å². The number of nitrogens with zero attached hydrogens (tertiary/aromatic N) is 1. The van der Waals surface area contributed by atoms with Gasteiger partial charge in [0.25, 0.3) is 5.91 Å². The summed E-state index contributed by atoms with van der Waals surface area (Å²) < 4.78 is 0. The number of hydrogen-bond acceptors (Lipinski definition) is 5. The van der Waals surface area contributed by atoms with Gasteiger partial charge in [-0.05, 0) is 49.8 Å². The number of carbonyl (C=O) groups excluding carboxylic acids is 3. The molecule has 1 unspecified atom stereocenters. The summed E-state index contributed by atoms with van der Waals surface area (Å²) in [5.74, 6) is -0.709. The summed E-state index contributed by atoms with van der Waals surface area (Å²) in [6.45, 7) is 2.15. The molecule has 148 valence electrons. The van der Waals surface area contributed by atoms with E-state index in [1.165, 1.54) is 19.3 Å². The van der Waals surface area contributed by atoms with Crippen molar-refractivity contribution >= 4 is 17.7 Å². The van der Waals surface area contributed by atoms with Crippen molar-refractivity contribution in [1.29, 1.82) is 0 Å². The van der Waals surface area contributed by atoms with Crippen LogP contribution in [-0.4, -0.2) is 46.8 Å². The SMILES string of the molecule is O=C1CCC(N2Cc3cccc(CN[C@]45CCC[C@H]4NCC5)c3C2=O)C(=O)N1. The zero-order chi connectivity index (χ0) is 19.3. The average Bonchev–Trinajstić information content (AvgIpc) is 3.33. The highest BCUT2D eigenvalue weighted by molar-refractivity contribution is 6.05. The van der Waals surface area contributed by atoms with E-state index in [0.717, 1.165) is 29.7 Å². The van der Waals surface area contributed by atoms with E-state index in [4.69, 9.17) is 0 Å². The van der Waals surface area contributed by atoms with E-state index in [-0.39, 0.29) is 29.7 Å². The number of piperidine rings is 1. The second-order valence-electron chi connectivity index (χ2n) is 8.51. The Balaban J connectivity index is 1.35. The molecule has 5 rings (SSSR count). The van der Waals surface area contributed by atoms with Gasteiger partial charge in [0.2, 0.25) is 11.8 Å². The third kappa shape index (κ3) is 2.76. The number of rotatable bonds is 4. The van der Waals surface area contributed by atoms with Crippen molar-refractivity contribution < 1.29 is 14.4 Å². The topological polar surface area (TPSA) is 90.5 Å². The second-order valence-corrected chi connectivity index (χ2v) is 8.51. The summed E-state index contributed by atoms with van der Waals surface area (Å²) in [7, 11) is 0. The molecule has 4 aliphatic rings. The van der Waals surface area contributed by atoms with Crippen LogP contribution in [0.25, 0.3) is 0 Å². The molecule has 28 heavy (non-hydrogen) atoms. The predicted octanol–water partition coefficient (Wildman–Crippen LogP) is 0.822. The van der Waals surface area contributed by atoms with Gasteiger partial charge >= 0.3 is 0 Å². The Kier molecular flexibility index (Phi) is 4.25. The van der Waals surface area contributed by atoms with E-state index in [0.29, 0.717) is 25.6 Å². The van der Waals surface area contributed by atoms with Gasteiger partial charge in [-0.1, -0.05) is 18.2 Å². The first kappa shape index (κ1) is 17.8. The lowest BCUT2D eigenvalue weighted by atomic mass is 9.92. The first-order valence-corrected chi connectivity index (χ1v) is 10.3. The van der Waals surface area contributed by atoms with Gasteiger partial charge in [0, 0.05) is 36.7 Å². The minimum absolute atomic E-state index is 0.0908. The summed E-state index contributed by atoms with van der Waals surface area (Å²) >= 11 is 0. The Morgan fingerprint density at radius 3 is 2.93 bits per heavy atom. The van der Waals surface area contributed by atoms with Gasteiger partial charge in [-0.3, -0.25) is 19.7 Å². The van der Waals surface area contributed by atoms with Gasteiger partial charge in [-0.2, -0.15) is 0 Å². The molecular formula is C21H26N4O3. The number of amides is 3. The molecule has 1 aromatic rings. The lowest BCUT2D eigenvalue weighted by molar-refractivity contribution is -0.136. The maximum atomic E-state index is 13.2. The highest BCUT2D eigenvalue weighted by atomic mass is 16.2. The molecule has 3 aliphatic heterocycles. The van der Waals surface area contributed by atoms with Crippen LogP contribution in [0.1, 0.15) is 60.0 Å². The molecule has 3 N–H and O–H groups in total. The summed E-state index contributed by atoms with van der Waals surface area (Å²) in [5.41, 5.74) is 2.85. The number of hydrogen-bond donors (Lipinski definition) is 3. The van der Waals surface area contributed by atoms with E-state index in [1.807, 2.05) is 18.2 Å². The van der Waals surface area contributed by atoms with Gasteiger partial charge in [0.05, 0.1) is 0 Å². The van der Waals surface area contributed by atoms with E-state index in [2.05, 4.69) is 16.0 Å². The zero-order valence-electron chi connectivity index (χ0n) is 15.9. The molecule has 3 atom stereocenters. The average molecular weight is 382 g/mol. The Hall–Kier alpha value is -2.25. The summed E-state index contributed by atoms with van der Waals surface area (Å²) in [6.07, 6.45) is 5.43. The standard InChI is InChI=1S/C21H26N4O3/c26-17-7-6-15(19(27)24-17)25-12-14-4-1-3-13(18(14)20(25)28)11-23-21-8-2-5-16(21)22-10-9-21/h1,3-4,15-16,22-23H,2,5-12H2,(H,24,26,27)/t15?,16-,21+/m1/s1. The predicted molar refractivity (Wildman–Crippen MR) is 102 cm³/mol. The molecule has 1 aromatic carbocycles. The van der Waals surface area contributed by atoms with Gasteiger partial charge < -0.3 is 15.5 Å². The Morgan fingerprint density at radius 2 is 2.07 bits per heavy atom. The normalized spacial score (nSPS) is 31.9. The molecular weight excluding hydrogens is 356 g/mol. The van der Waals surface area contributed by atoms with Gasteiger partial charge in [0.15, 0.2) is 0 Å². The van der Waals surface area contributed by atoms with Crippen molar-refractivity contribution in [2.24, 2.45) is 0 Å². The largest absolute Gasteiger partial charge is 0.322 e. The molecule has 0 aromatic heterocycles. The smallest absolute Gasteiger partial charge is 0.255 e. The van der Waals surface area contributed by atoms with E-state index in [9.17, 15) is 14.4 Å². The highest BCUT2D eigenvalue weighted by Gasteiger charge is 2.46. The third-order valence-electron chi connectivity index (χ3n) is 7.01. The molecule has 7 heteroatoms. The van der Waals surface area contributed by atoms with Crippen molar-refractivity contribution in [2.75, 3.05) is 6.54 Å². The number of nitrogens with one attached hydrogen (secondary N) is 3. The fourth-order valence-corrected chi connectivity index (χ4v) is 5.55. The Bertz CT molecular complexity index is 842. The maximum absolute atomic E-state index is 13.2. The van der Waals surface area contributed by atoms with Crippen LogP contribution in [0.15, 0.2) is 18.2 Å². The molecule has 3 amide bonds. The fraction of sp³-hybridized carbons (Fsp3) is 0.571. The quantitative estimate of drug-likeness (QED) is 0.671. The van der Waals surface area contributed by atoms with Gasteiger partial charge in [-0.25, -0.2) is 0 Å². The lowest BCUT2D eigenvalue weighted by Crippen LogP contribution is -2.52. The van der Waals surface area contributed by atoms with Crippen molar-refractivity contribution in [3.63, 3.8) is 0 Å². The Labute approximate surface area is 164 Å². The third-order valence-corrected chi connectivity index (χ3v) is 7.01. The molecule has 3 heterocycles. The number of carbonyl (C=O) groups is 3. The fourth-order valence-electron chi connectivity index (χ4n) is 5.55. The van der Waals surface area contributed by atoms with Gasteiger partial charge in [-0.15, -0.1) is 0 Å². The summed E-state index contributed by atoms with van der Waals surface area (Å²) in [4.78, 5) is 38.5. The molecule has 7 nitrogen and oxygen atoms in total. The van der Waals surface area contributed by atoms with E-state index >= 15 is 0 Å². The van der Waals surface area contributed by atoms with Crippen LogP contribution in [0.4, 0.5) is 0 Å². The van der Waals surface area contributed by atoms with Crippen LogP contribution < -0.4 is 16.0 Å². The second kappa shape index (κ2) is 6.67. The van der Waals surface area contributed by atoms with Crippen molar-refractivity contribution in [1.82, 2.24) is 20.9 Å². The summed E-state index contributed by atoms with van der Waals surface area (Å²) in [6, 6.07) is 5.94. The first-order valence-electron chi connectivity index (χ1n) is 10.3. The number of fused-ring (bicyclic) bond motifs is 2. The zero-order valence-corrected chi connectivity index (χ0v) is 15.9. The molecule has 1 saturated carbocycles. The minimum Gasteiger partial charge on any atom is -0.322 e. The van der Waals surface area contributed by atoms with Crippen LogP contribution in [0.5, 0.6) is 0 Å². The number of imide groups is 1. The van der Waals surface area contributed by atoms with Gasteiger partial charge in [0.1, 0.15) is 6.04 Å². The molecule has 3 fully saturated rings. The maximum Gasteiger partial charge on any atom is 0.255 e. The monoisotopic (exact) mass is 382 g/mol. The lowest BCUT2D eigenvalue weighted by Gasteiger charge is -2.31. The van der Waals surface area contributed by atoms with Crippen LogP contribution in [0, 0.1) is 0 Å². The summed E-state index contributed by atoms with van der Waals surface area (Å²) in [5, 5.41) is 9.74. The first-order chi connectivity index (χ1) is 13.6. The van der Waals surface area contributed by atoms with E-state index in [1.54, 1.807) is 4.90 Å². The molecule has 0 radical (unpaired) electrons. The van der Waals surface area contributed by atoms with Crippen molar-refractivity contribution in [2.45, 2.75) is 69.2 Å². The highest BCUT2D eigenvalue weighted by Crippen LogP contribution is 2.37. The molecule has 1 aliphatic carbocycles. The van der Waals surface area contributed by atoms with Crippen LogP contribution >= 0.6 is 0 Å². The molecule has 2 saturated heterocycles. The molecule has 0 bridgehead atoms. The van der Waals surface area contributed by atoms with Crippen molar-refractivity contribution in [3.8, 4) is 0 Å². The minimum atomic E-state index is -0.560.